The third kappa shape index (κ3) is 5.25. The molecular formula is C55H40N2. The van der Waals surface area contributed by atoms with Crippen LogP contribution < -0.4 is 4.90 Å². The van der Waals surface area contributed by atoms with Gasteiger partial charge in [0, 0.05) is 38.9 Å². The van der Waals surface area contributed by atoms with Crippen molar-refractivity contribution in [1.29, 1.82) is 0 Å². The van der Waals surface area contributed by atoms with Crippen molar-refractivity contribution in [3.8, 4) is 39.1 Å². The summed E-state index contributed by atoms with van der Waals surface area (Å²) in [6.07, 6.45) is 0. The maximum absolute atomic E-state index is 2.47. The predicted molar refractivity (Wildman–Crippen MR) is 241 cm³/mol. The molecule has 0 radical (unpaired) electrons. The number of aromatic nitrogens is 1. The molecule has 2 heteroatoms. The van der Waals surface area contributed by atoms with Crippen molar-refractivity contribution in [2.45, 2.75) is 19.3 Å². The van der Waals surface area contributed by atoms with Crippen molar-refractivity contribution < 1.29 is 0 Å². The Hall–Kier alpha value is -7.16. The number of hydrogen-bond acceptors (Lipinski definition) is 1. The average Bonchev–Trinajstić information content (AvgIpc) is 3.73. The minimum absolute atomic E-state index is 0.121. The van der Waals surface area contributed by atoms with E-state index in [2.05, 4.69) is 230 Å². The summed E-state index contributed by atoms with van der Waals surface area (Å²) in [6.45, 7) is 4.72. The number of fused-ring (bicyclic) bond motifs is 8. The van der Waals surface area contributed by atoms with Gasteiger partial charge in [-0.25, -0.2) is 0 Å². The first kappa shape index (κ1) is 33.2. The van der Waals surface area contributed by atoms with Gasteiger partial charge < -0.3 is 9.47 Å². The largest absolute Gasteiger partial charge is 0.310 e. The molecule has 1 aliphatic carbocycles. The topological polar surface area (TPSA) is 8.17 Å². The van der Waals surface area contributed by atoms with Crippen LogP contribution in [0, 0.1) is 0 Å². The van der Waals surface area contributed by atoms with E-state index >= 15 is 0 Å². The second-order valence-corrected chi connectivity index (χ2v) is 15.8. The zero-order chi connectivity index (χ0) is 38.1. The SMILES string of the molecule is CC1(C)c2ccccc2-c2ccc(N(c3cccc(-c4ccccc4)c3)c3cccc(-n4c5cccc(-c6ccccc6)c5c5c6ccccc6ccc54)c3)cc21. The lowest BCUT2D eigenvalue weighted by Crippen LogP contribution is -2.16. The van der Waals surface area contributed by atoms with Gasteiger partial charge in [-0.1, -0.05) is 166 Å². The van der Waals surface area contributed by atoms with Gasteiger partial charge in [-0.15, -0.1) is 0 Å². The minimum Gasteiger partial charge on any atom is -0.310 e. The highest BCUT2D eigenvalue weighted by atomic mass is 15.1. The van der Waals surface area contributed by atoms with Gasteiger partial charge in [-0.2, -0.15) is 0 Å². The lowest BCUT2D eigenvalue weighted by atomic mass is 9.82. The number of nitrogens with zero attached hydrogens (tertiary/aromatic N) is 2. The molecule has 10 aromatic rings. The second-order valence-electron chi connectivity index (χ2n) is 15.8. The molecule has 0 fully saturated rings. The molecule has 0 atom stereocenters. The molecule has 0 saturated carbocycles. The Morgan fingerprint density at radius 1 is 0.386 bits per heavy atom. The van der Waals surface area contributed by atoms with Crippen LogP contribution in [0.1, 0.15) is 25.0 Å². The minimum atomic E-state index is -0.121. The molecular weight excluding hydrogens is 689 g/mol. The highest BCUT2D eigenvalue weighted by Crippen LogP contribution is 2.51. The molecule has 9 aromatic carbocycles. The Morgan fingerprint density at radius 2 is 1.00 bits per heavy atom. The number of rotatable bonds is 6. The summed E-state index contributed by atoms with van der Waals surface area (Å²) in [7, 11) is 0. The molecule has 0 bridgehead atoms. The fourth-order valence-electron chi connectivity index (χ4n) is 9.47. The zero-order valence-electron chi connectivity index (χ0n) is 32.0. The van der Waals surface area contributed by atoms with E-state index in [1.165, 1.54) is 77.1 Å². The molecule has 270 valence electrons. The van der Waals surface area contributed by atoms with E-state index in [9.17, 15) is 0 Å². The molecule has 0 aliphatic heterocycles. The first-order valence-corrected chi connectivity index (χ1v) is 19.9. The maximum Gasteiger partial charge on any atom is 0.0547 e. The first-order valence-electron chi connectivity index (χ1n) is 19.9. The highest BCUT2D eigenvalue weighted by Gasteiger charge is 2.35. The Bertz CT molecular complexity index is 3150. The van der Waals surface area contributed by atoms with E-state index < -0.39 is 0 Å². The smallest absolute Gasteiger partial charge is 0.0547 e. The third-order valence-corrected chi connectivity index (χ3v) is 12.1. The lowest BCUT2D eigenvalue weighted by molar-refractivity contribution is 0.660. The summed E-state index contributed by atoms with van der Waals surface area (Å²) in [5.74, 6) is 0. The van der Waals surface area contributed by atoms with Gasteiger partial charge in [-0.3, -0.25) is 0 Å². The van der Waals surface area contributed by atoms with Gasteiger partial charge in [-0.05, 0) is 110 Å². The third-order valence-electron chi connectivity index (χ3n) is 12.1. The van der Waals surface area contributed by atoms with Crippen molar-refractivity contribution >= 4 is 49.6 Å². The number of anilines is 3. The highest BCUT2D eigenvalue weighted by molar-refractivity contribution is 6.25. The molecule has 0 amide bonds. The molecule has 1 aliphatic rings. The normalized spacial score (nSPS) is 12.9. The van der Waals surface area contributed by atoms with Crippen molar-refractivity contribution in [2.75, 3.05) is 4.90 Å². The second kappa shape index (κ2) is 13.0. The zero-order valence-corrected chi connectivity index (χ0v) is 32.0. The van der Waals surface area contributed by atoms with Crippen LogP contribution in [0.15, 0.2) is 206 Å². The molecule has 1 aromatic heterocycles. The Balaban J connectivity index is 1.15. The summed E-state index contributed by atoms with van der Waals surface area (Å²) >= 11 is 0. The Morgan fingerprint density at radius 3 is 1.84 bits per heavy atom. The first-order chi connectivity index (χ1) is 28.0. The van der Waals surface area contributed by atoms with Crippen molar-refractivity contribution in [2.24, 2.45) is 0 Å². The van der Waals surface area contributed by atoms with Gasteiger partial charge in [0.25, 0.3) is 0 Å². The average molecular weight is 729 g/mol. The van der Waals surface area contributed by atoms with Gasteiger partial charge >= 0.3 is 0 Å². The van der Waals surface area contributed by atoms with Crippen LogP contribution in [0.4, 0.5) is 17.1 Å². The summed E-state index contributed by atoms with van der Waals surface area (Å²) in [5, 5.41) is 5.06. The van der Waals surface area contributed by atoms with E-state index in [0.717, 1.165) is 22.7 Å². The van der Waals surface area contributed by atoms with Crippen molar-refractivity contribution in [3.63, 3.8) is 0 Å². The van der Waals surface area contributed by atoms with Crippen LogP contribution >= 0.6 is 0 Å². The maximum atomic E-state index is 2.47. The van der Waals surface area contributed by atoms with E-state index in [-0.39, 0.29) is 5.41 Å². The van der Waals surface area contributed by atoms with E-state index in [1.54, 1.807) is 0 Å². The fraction of sp³-hybridized carbons (Fsp3) is 0.0545. The molecule has 57 heavy (non-hydrogen) atoms. The monoisotopic (exact) mass is 728 g/mol. The van der Waals surface area contributed by atoms with Crippen molar-refractivity contribution in [3.05, 3.63) is 217 Å². The summed E-state index contributed by atoms with van der Waals surface area (Å²) in [6, 6.07) is 75.6. The van der Waals surface area contributed by atoms with E-state index in [1.807, 2.05) is 0 Å². The lowest BCUT2D eigenvalue weighted by Gasteiger charge is -2.29. The van der Waals surface area contributed by atoms with Gasteiger partial charge in [0.05, 0.1) is 11.0 Å². The number of hydrogen-bond donors (Lipinski definition) is 0. The Labute approximate surface area is 333 Å². The number of benzene rings is 9. The van der Waals surface area contributed by atoms with Crippen LogP contribution in [0.5, 0.6) is 0 Å². The molecule has 1 heterocycles. The van der Waals surface area contributed by atoms with Crippen LogP contribution in [0.25, 0.3) is 71.6 Å². The summed E-state index contributed by atoms with van der Waals surface area (Å²) in [5.41, 5.74) is 16.9. The molecule has 0 spiro atoms. The molecule has 11 rings (SSSR count). The van der Waals surface area contributed by atoms with Gasteiger partial charge in [0.1, 0.15) is 0 Å². The molecule has 0 unspecified atom stereocenters. The summed E-state index contributed by atoms with van der Waals surface area (Å²) in [4.78, 5) is 2.44. The van der Waals surface area contributed by atoms with E-state index in [0.29, 0.717) is 0 Å². The molecule has 0 saturated heterocycles. The van der Waals surface area contributed by atoms with E-state index in [4.69, 9.17) is 0 Å². The quantitative estimate of drug-likeness (QED) is 0.165. The van der Waals surface area contributed by atoms with Crippen LogP contribution in [-0.2, 0) is 5.41 Å². The molecule has 2 nitrogen and oxygen atoms in total. The predicted octanol–water partition coefficient (Wildman–Crippen LogP) is 15.0. The van der Waals surface area contributed by atoms with Crippen molar-refractivity contribution in [1.82, 2.24) is 4.57 Å². The van der Waals surface area contributed by atoms with Gasteiger partial charge in [0.2, 0.25) is 0 Å². The van der Waals surface area contributed by atoms with Crippen LogP contribution in [0.2, 0.25) is 0 Å². The Kier molecular flexibility index (Phi) is 7.55. The van der Waals surface area contributed by atoms with Crippen LogP contribution in [0.3, 0.4) is 0 Å². The summed E-state index contributed by atoms with van der Waals surface area (Å²) < 4.78 is 2.47. The standard InChI is InChI=1S/C55H40N2/c1-55(2)49-28-12-11-26-47(49)48-32-31-44(36-50(48)55)56(41-22-13-21-40(34-41)37-16-5-3-6-17-37)42-23-14-24-43(35-42)57-51-29-15-27-46(38-18-7-4-8-19-38)53(51)54-45-25-10-9-20-39(45)30-33-52(54)57/h3-36H,1-2H3. The van der Waals surface area contributed by atoms with Gasteiger partial charge in [0.15, 0.2) is 0 Å². The van der Waals surface area contributed by atoms with Crippen LogP contribution in [-0.4, -0.2) is 4.57 Å². The molecule has 0 N–H and O–H groups in total. The fourth-order valence-corrected chi connectivity index (χ4v) is 9.47.